The molecule has 0 radical (unpaired) electrons. The second-order valence-corrected chi connectivity index (χ2v) is 17.5. The predicted molar refractivity (Wildman–Crippen MR) is 192 cm³/mol. The van der Waals surface area contributed by atoms with Crippen LogP contribution >= 0.6 is 0 Å². The summed E-state index contributed by atoms with van der Waals surface area (Å²) in [5.74, 6) is 7.58. The third-order valence-corrected chi connectivity index (χ3v) is 14.2. The van der Waals surface area contributed by atoms with E-state index in [0.29, 0.717) is 17.3 Å². The summed E-state index contributed by atoms with van der Waals surface area (Å²) >= 11 is 0. The number of rotatable bonds is 15. The van der Waals surface area contributed by atoms with Gasteiger partial charge in [0.15, 0.2) is 0 Å². The highest BCUT2D eigenvalue weighted by atomic mass is 16.5. The molecule has 3 heteroatoms. The fourth-order valence-corrected chi connectivity index (χ4v) is 11.3. The zero-order valence-electron chi connectivity index (χ0n) is 31.3. The van der Waals surface area contributed by atoms with Crippen LogP contribution in [0.5, 0.6) is 0 Å². The maximum atomic E-state index is 12.9. The number of furan rings is 1. The molecule has 1 heterocycles. The van der Waals surface area contributed by atoms with Crippen LogP contribution in [0.4, 0.5) is 0 Å². The second kappa shape index (κ2) is 15.4. The summed E-state index contributed by atoms with van der Waals surface area (Å²) in [4.78, 5) is 12.9. The zero-order chi connectivity index (χ0) is 33.1. The number of carbonyl (C=O) groups excluding carboxylic acids is 1. The van der Waals surface area contributed by atoms with E-state index in [2.05, 4.69) is 61.5 Å². The SMILES string of the molecule is CCCc1oc(CCCCCCC(=O)OC2CCC3(C)C(=CCC4C3CCC3(C)C(C(C)CCCC(C)C)CCC43)C2)c(C)c1C. The number of carbonyl (C=O) groups is 1. The van der Waals surface area contributed by atoms with Crippen molar-refractivity contribution in [1.29, 1.82) is 0 Å². The van der Waals surface area contributed by atoms with Gasteiger partial charge in [-0.1, -0.05) is 85.3 Å². The number of allylic oxidation sites excluding steroid dienone is 1. The van der Waals surface area contributed by atoms with Crippen LogP contribution in [0.2, 0.25) is 0 Å². The van der Waals surface area contributed by atoms with Crippen molar-refractivity contribution in [2.24, 2.45) is 46.3 Å². The topological polar surface area (TPSA) is 39.4 Å². The Morgan fingerprint density at radius 3 is 2.37 bits per heavy atom. The molecule has 0 saturated heterocycles. The molecule has 46 heavy (non-hydrogen) atoms. The Kier molecular flexibility index (Phi) is 12.0. The average molecular weight is 635 g/mol. The van der Waals surface area contributed by atoms with Gasteiger partial charge in [-0.2, -0.15) is 0 Å². The van der Waals surface area contributed by atoms with Gasteiger partial charge in [0.2, 0.25) is 0 Å². The second-order valence-electron chi connectivity index (χ2n) is 17.5. The van der Waals surface area contributed by atoms with Crippen molar-refractivity contribution in [3.05, 3.63) is 34.3 Å². The van der Waals surface area contributed by atoms with E-state index in [4.69, 9.17) is 9.15 Å². The molecule has 0 spiro atoms. The molecule has 1 aromatic heterocycles. The molecule has 4 aliphatic rings. The summed E-state index contributed by atoms with van der Waals surface area (Å²) in [5.41, 5.74) is 5.17. The summed E-state index contributed by atoms with van der Waals surface area (Å²) in [5, 5.41) is 0. The molecule has 8 unspecified atom stereocenters. The van der Waals surface area contributed by atoms with Crippen molar-refractivity contribution >= 4 is 5.97 Å². The van der Waals surface area contributed by atoms with E-state index in [1.54, 1.807) is 5.57 Å². The van der Waals surface area contributed by atoms with Crippen LogP contribution in [-0.2, 0) is 22.4 Å². The van der Waals surface area contributed by atoms with E-state index in [1.807, 2.05) is 0 Å². The normalized spacial score (nSPS) is 32.9. The molecule has 3 nitrogen and oxygen atoms in total. The van der Waals surface area contributed by atoms with Crippen LogP contribution < -0.4 is 0 Å². The average Bonchev–Trinajstić information content (AvgIpc) is 3.50. The number of fused-ring (bicyclic) bond motifs is 5. The van der Waals surface area contributed by atoms with Crippen molar-refractivity contribution in [2.45, 2.75) is 183 Å². The van der Waals surface area contributed by atoms with Gasteiger partial charge in [-0.15, -0.1) is 0 Å². The lowest BCUT2D eigenvalue weighted by atomic mass is 9.47. The van der Waals surface area contributed by atoms with Crippen LogP contribution in [0.3, 0.4) is 0 Å². The lowest BCUT2D eigenvalue weighted by Crippen LogP contribution is -2.51. The zero-order valence-corrected chi connectivity index (χ0v) is 31.3. The minimum absolute atomic E-state index is 0.0255. The summed E-state index contributed by atoms with van der Waals surface area (Å²) in [6, 6.07) is 0. The molecule has 0 aromatic carbocycles. The van der Waals surface area contributed by atoms with Gasteiger partial charge in [0.25, 0.3) is 0 Å². The number of hydrogen-bond donors (Lipinski definition) is 0. The molecule has 0 bridgehead atoms. The summed E-state index contributed by atoms with van der Waals surface area (Å²) in [6.07, 6.45) is 25.2. The Bertz CT molecular complexity index is 1190. The number of unbranched alkanes of at least 4 members (excludes halogenated alkanes) is 3. The van der Waals surface area contributed by atoms with Crippen LogP contribution in [0, 0.1) is 60.2 Å². The fourth-order valence-electron chi connectivity index (χ4n) is 11.3. The largest absolute Gasteiger partial charge is 0.466 e. The highest BCUT2D eigenvalue weighted by molar-refractivity contribution is 5.69. The Hall–Kier alpha value is -1.51. The highest BCUT2D eigenvalue weighted by Gasteiger charge is 2.59. The van der Waals surface area contributed by atoms with Gasteiger partial charge < -0.3 is 9.15 Å². The van der Waals surface area contributed by atoms with Gasteiger partial charge in [-0.3, -0.25) is 4.79 Å². The standard InChI is InChI=1S/C43H70O3/c1-9-15-39-31(5)32(6)40(46-39)18-12-10-11-13-19-41(44)45-34-24-26-42(7)33(28-34)20-21-35-37-23-22-36(30(4)17-14-16-29(2)3)43(37,8)27-25-38(35)42/h20,29-30,34-38H,9-19,21-28H2,1-8H3. The highest BCUT2D eigenvalue weighted by Crippen LogP contribution is 2.67. The summed E-state index contributed by atoms with van der Waals surface area (Å²) in [7, 11) is 0. The molecule has 3 saturated carbocycles. The minimum atomic E-state index is 0.0255. The lowest BCUT2D eigenvalue weighted by Gasteiger charge is -2.58. The Morgan fingerprint density at radius 2 is 1.63 bits per heavy atom. The number of ether oxygens (including phenoxy) is 1. The van der Waals surface area contributed by atoms with Gasteiger partial charge in [-0.05, 0) is 136 Å². The monoisotopic (exact) mass is 635 g/mol. The van der Waals surface area contributed by atoms with Crippen LogP contribution in [-0.4, -0.2) is 12.1 Å². The van der Waals surface area contributed by atoms with E-state index < -0.39 is 0 Å². The molecular formula is C43H70O3. The molecular weight excluding hydrogens is 564 g/mol. The van der Waals surface area contributed by atoms with Gasteiger partial charge in [0.1, 0.15) is 17.6 Å². The van der Waals surface area contributed by atoms with E-state index in [-0.39, 0.29) is 12.1 Å². The van der Waals surface area contributed by atoms with Crippen molar-refractivity contribution in [1.82, 2.24) is 0 Å². The van der Waals surface area contributed by atoms with E-state index in [0.717, 1.165) is 93.3 Å². The van der Waals surface area contributed by atoms with Crippen LogP contribution in [0.1, 0.15) is 173 Å². The smallest absolute Gasteiger partial charge is 0.306 e. The fraction of sp³-hybridized carbons (Fsp3) is 0.837. The molecule has 5 rings (SSSR count). The molecule has 0 N–H and O–H groups in total. The van der Waals surface area contributed by atoms with Crippen molar-refractivity contribution in [3.63, 3.8) is 0 Å². The number of esters is 1. The number of aryl methyl sites for hydroxylation is 2. The molecule has 3 fully saturated rings. The van der Waals surface area contributed by atoms with Gasteiger partial charge in [0, 0.05) is 25.7 Å². The Morgan fingerprint density at radius 1 is 0.891 bits per heavy atom. The van der Waals surface area contributed by atoms with Gasteiger partial charge in [0.05, 0.1) is 0 Å². The first-order valence-electron chi connectivity index (χ1n) is 19.9. The summed E-state index contributed by atoms with van der Waals surface area (Å²) < 4.78 is 12.3. The Balaban J connectivity index is 1.06. The third-order valence-electron chi connectivity index (χ3n) is 14.2. The molecule has 4 aliphatic carbocycles. The molecule has 8 atom stereocenters. The van der Waals surface area contributed by atoms with Crippen molar-refractivity contribution in [2.75, 3.05) is 0 Å². The predicted octanol–water partition coefficient (Wildman–Crippen LogP) is 12.3. The maximum Gasteiger partial charge on any atom is 0.306 e. The van der Waals surface area contributed by atoms with Crippen molar-refractivity contribution < 1.29 is 13.9 Å². The molecule has 1 aromatic rings. The summed E-state index contributed by atoms with van der Waals surface area (Å²) in [6.45, 7) is 19.2. The first-order valence-corrected chi connectivity index (χ1v) is 19.9. The lowest BCUT2D eigenvalue weighted by molar-refractivity contribution is -0.151. The van der Waals surface area contributed by atoms with E-state index >= 15 is 0 Å². The quantitative estimate of drug-likeness (QED) is 0.109. The van der Waals surface area contributed by atoms with E-state index in [1.165, 1.54) is 80.4 Å². The van der Waals surface area contributed by atoms with Crippen molar-refractivity contribution in [3.8, 4) is 0 Å². The van der Waals surface area contributed by atoms with Gasteiger partial charge >= 0.3 is 5.97 Å². The van der Waals surface area contributed by atoms with Crippen LogP contribution in [0.15, 0.2) is 16.1 Å². The van der Waals surface area contributed by atoms with Crippen LogP contribution in [0.25, 0.3) is 0 Å². The first-order chi connectivity index (χ1) is 22.0. The van der Waals surface area contributed by atoms with E-state index in [9.17, 15) is 4.79 Å². The van der Waals surface area contributed by atoms with Gasteiger partial charge in [-0.25, -0.2) is 0 Å². The first kappa shape index (κ1) is 35.8. The Labute approximate surface area is 283 Å². The maximum absolute atomic E-state index is 12.9. The minimum Gasteiger partial charge on any atom is -0.466 e. The number of hydrogen-bond acceptors (Lipinski definition) is 3. The molecule has 0 aliphatic heterocycles. The molecule has 260 valence electrons. The molecule has 0 amide bonds. The third kappa shape index (κ3) is 7.54.